The first-order valence-electron chi connectivity index (χ1n) is 4.24. The fraction of sp³-hybridized carbons (Fsp3) is 0.875. The van der Waals surface area contributed by atoms with Gasteiger partial charge in [0.05, 0.1) is 6.07 Å². The van der Waals surface area contributed by atoms with Gasteiger partial charge in [-0.05, 0) is 12.8 Å². The van der Waals surface area contributed by atoms with Crippen molar-refractivity contribution in [3.63, 3.8) is 0 Å². The minimum Gasteiger partial charge on any atom is -0.378 e. The molecule has 0 saturated carbocycles. The molecule has 0 fully saturated rings. The van der Waals surface area contributed by atoms with Crippen LogP contribution in [0.4, 0.5) is 0 Å². The van der Waals surface area contributed by atoms with Gasteiger partial charge >= 0.3 is 0 Å². The molecule has 0 amide bonds. The largest absolute Gasteiger partial charge is 0.378 e. The molecule has 0 aromatic heterocycles. The van der Waals surface area contributed by atoms with Crippen LogP contribution < -0.4 is 0 Å². The lowest BCUT2D eigenvalue weighted by Gasteiger charge is -2.16. The van der Waals surface area contributed by atoms with Crippen LogP contribution in [0.2, 0.25) is 0 Å². The highest BCUT2D eigenvalue weighted by atomic mass is 16.6. The van der Waals surface area contributed by atoms with E-state index in [4.69, 9.17) is 10.4 Å². The topological polar surface area (TPSA) is 87.2 Å². The van der Waals surface area contributed by atoms with Crippen molar-refractivity contribution >= 4 is 0 Å². The van der Waals surface area contributed by atoms with Gasteiger partial charge in [-0.25, -0.2) is 0 Å². The maximum atomic E-state index is 10.4. The molecule has 0 aromatic carbocycles. The van der Waals surface area contributed by atoms with Crippen LogP contribution in [0.15, 0.2) is 0 Å². The SMILES string of the molecule is CCC(CC(O)C#N)C(C)[N+](=O)[O-]. The predicted octanol–water partition coefficient (Wildman–Crippen LogP) is 0.952. The number of nitrogens with zero attached hydrogens (tertiary/aromatic N) is 2. The van der Waals surface area contributed by atoms with Crippen LogP contribution in [-0.4, -0.2) is 22.2 Å². The molecule has 0 rings (SSSR count). The van der Waals surface area contributed by atoms with Crippen LogP contribution in [0.5, 0.6) is 0 Å². The molecule has 3 atom stereocenters. The number of aliphatic hydroxyl groups excluding tert-OH is 1. The summed E-state index contributed by atoms with van der Waals surface area (Å²) >= 11 is 0. The van der Waals surface area contributed by atoms with E-state index in [1.807, 2.05) is 6.92 Å². The number of aliphatic hydroxyl groups is 1. The molecule has 0 aromatic rings. The number of hydrogen-bond acceptors (Lipinski definition) is 4. The summed E-state index contributed by atoms with van der Waals surface area (Å²) in [5.74, 6) is -0.232. The molecule has 13 heavy (non-hydrogen) atoms. The molecular formula is C8H14N2O3. The highest BCUT2D eigenvalue weighted by Gasteiger charge is 2.26. The molecule has 0 saturated heterocycles. The van der Waals surface area contributed by atoms with Gasteiger partial charge in [0.25, 0.3) is 0 Å². The first-order chi connectivity index (χ1) is 6.02. The van der Waals surface area contributed by atoms with Gasteiger partial charge in [0.15, 0.2) is 0 Å². The molecule has 0 aliphatic rings. The highest BCUT2D eigenvalue weighted by Crippen LogP contribution is 2.17. The molecule has 5 nitrogen and oxygen atoms in total. The number of nitriles is 1. The molecule has 3 unspecified atom stereocenters. The van der Waals surface area contributed by atoms with Crippen LogP contribution >= 0.6 is 0 Å². The fourth-order valence-corrected chi connectivity index (χ4v) is 1.22. The number of hydrogen-bond donors (Lipinski definition) is 1. The van der Waals surface area contributed by atoms with Gasteiger partial charge in [-0.1, -0.05) is 6.92 Å². The first kappa shape index (κ1) is 11.8. The van der Waals surface area contributed by atoms with Crippen LogP contribution in [0.1, 0.15) is 26.7 Å². The van der Waals surface area contributed by atoms with Crippen molar-refractivity contribution in [2.75, 3.05) is 0 Å². The van der Waals surface area contributed by atoms with Gasteiger partial charge in [-0.15, -0.1) is 0 Å². The predicted molar refractivity (Wildman–Crippen MR) is 46.5 cm³/mol. The average Bonchev–Trinajstić information content (AvgIpc) is 2.12. The van der Waals surface area contributed by atoms with E-state index in [0.717, 1.165) is 0 Å². The highest BCUT2D eigenvalue weighted by molar-refractivity contribution is 4.84. The fourth-order valence-electron chi connectivity index (χ4n) is 1.22. The molecule has 0 aliphatic carbocycles. The van der Waals surface area contributed by atoms with Gasteiger partial charge in [-0.3, -0.25) is 10.1 Å². The number of rotatable bonds is 5. The third-order valence-electron chi connectivity index (χ3n) is 2.21. The Kier molecular flexibility index (Phi) is 5.00. The summed E-state index contributed by atoms with van der Waals surface area (Å²) in [5, 5.41) is 27.7. The van der Waals surface area contributed by atoms with Crippen LogP contribution in [-0.2, 0) is 0 Å². The first-order valence-corrected chi connectivity index (χ1v) is 4.24. The van der Waals surface area contributed by atoms with Crippen LogP contribution in [0.25, 0.3) is 0 Å². The van der Waals surface area contributed by atoms with E-state index >= 15 is 0 Å². The van der Waals surface area contributed by atoms with Gasteiger partial charge in [0, 0.05) is 17.8 Å². The molecule has 1 N–H and O–H groups in total. The third-order valence-corrected chi connectivity index (χ3v) is 2.21. The third kappa shape index (κ3) is 3.85. The Morgan fingerprint density at radius 3 is 2.54 bits per heavy atom. The van der Waals surface area contributed by atoms with Crippen molar-refractivity contribution in [2.45, 2.75) is 38.8 Å². The molecule has 0 bridgehead atoms. The molecule has 74 valence electrons. The van der Waals surface area contributed by atoms with E-state index in [-0.39, 0.29) is 17.3 Å². The van der Waals surface area contributed by atoms with Gasteiger partial charge < -0.3 is 5.11 Å². The van der Waals surface area contributed by atoms with E-state index in [9.17, 15) is 10.1 Å². The Bertz CT molecular complexity index is 212. The molecule has 0 radical (unpaired) electrons. The second-order valence-electron chi connectivity index (χ2n) is 3.07. The van der Waals surface area contributed by atoms with E-state index in [1.165, 1.54) is 6.92 Å². The van der Waals surface area contributed by atoms with Crippen LogP contribution in [0.3, 0.4) is 0 Å². The quantitative estimate of drug-likeness (QED) is 0.393. The zero-order valence-electron chi connectivity index (χ0n) is 7.80. The average molecular weight is 186 g/mol. The summed E-state index contributed by atoms with van der Waals surface area (Å²) in [4.78, 5) is 10.0. The Balaban J connectivity index is 4.19. The second kappa shape index (κ2) is 5.49. The Morgan fingerprint density at radius 1 is 1.69 bits per heavy atom. The summed E-state index contributed by atoms with van der Waals surface area (Å²) in [5.41, 5.74) is 0. The summed E-state index contributed by atoms with van der Waals surface area (Å²) in [6, 6.07) is 0.956. The minimum atomic E-state index is -1.09. The van der Waals surface area contributed by atoms with Crippen molar-refractivity contribution in [2.24, 2.45) is 5.92 Å². The second-order valence-corrected chi connectivity index (χ2v) is 3.07. The Hall–Kier alpha value is -1.15. The summed E-state index contributed by atoms with van der Waals surface area (Å²) < 4.78 is 0. The van der Waals surface area contributed by atoms with E-state index < -0.39 is 12.1 Å². The molecule has 0 spiro atoms. The van der Waals surface area contributed by atoms with E-state index in [2.05, 4.69) is 0 Å². The van der Waals surface area contributed by atoms with Crippen LogP contribution in [0, 0.1) is 27.4 Å². The van der Waals surface area contributed by atoms with Crippen molar-refractivity contribution in [1.82, 2.24) is 0 Å². The van der Waals surface area contributed by atoms with Gasteiger partial charge in [0.2, 0.25) is 6.04 Å². The smallest absolute Gasteiger partial charge is 0.213 e. The normalized spacial score (nSPS) is 17.1. The summed E-state index contributed by atoms with van der Waals surface area (Å²) in [7, 11) is 0. The van der Waals surface area contributed by atoms with E-state index in [1.54, 1.807) is 6.07 Å². The maximum absolute atomic E-state index is 10.4. The van der Waals surface area contributed by atoms with Crippen molar-refractivity contribution in [1.29, 1.82) is 5.26 Å². The number of nitro groups is 1. The lowest BCUT2D eigenvalue weighted by Crippen LogP contribution is -2.28. The summed E-state index contributed by atoms with van der Waals surface area (Å²) in [6.07, 6.45) is -0.317. The molecule has 0 heterocycles. The zero-order valence-corrected chi connectivity index (χ0v) is 7.80. The monoisotopic (exact) mass is 186 g/mol. The molecule has 5 heteroatoms. The lowest BCUT2D eigenvalue weighted by atomic mass is 9.93. The minimum absolute atomic E-state index is 0.176. The summed E-state index contributed by atoms with van der Waals surface area (Å²) in [6.45, 7) is 3.31. The van der Waals surface area contributed by atoms with Gasteiger partial charge in [-0.2, -0.15) is 5.26 Å². The molecular weight excluding hydrogens is 172 g/mol. The standard InChI is InChI=1S/C8H14N2O3/c1-3-7(4-8(11)5-9)6(2)10(12)13/h6-8,11H,3-4H2,1-2H3. The van der Waals surface area contributed by atoms with E-state index in [0.29, 0.717) is 6.42 Å². The Labute approximate surface area is 77.1 Å². The maximum Gasteiger partial charge on any atom is 0.213 e. The van der Waals surface area contributed by atoms with Crippen molar-refractivity contribution < 1.29 is 10.0 Å². The van der Waals surface area contributed by atoms with Crippen molar-refractivity contribution in [3.8, 4) is 6.07 Å². The Morgan fingerprint density at radius 2 is 2.23 bits per heavy atom. The lowest BCUT2D eigenvalue weighted by molar-refractivity contribution is -0.528. The van der Waals surface area contributed by atoms with Gasteiger partial charge in [0.1, 0.15) is 6.10 Å². The van der Waals surface area contributed by atoms with Crippen molar-refractivity contribution in [3.05, 3.63) is 10.1 Å². The molecule has 0 aliphatic heterocycles. The zero-order chi connectivity index (χ0) is 10.4.